The number of carbonyl (C=O) groups is 3. The van der Waals surface area contributed by atoms with E-state index in [1.54, 1.807) is 48.5 Å². The number of benzene rings is 3. The highest BCUT2D eigenvalue weighted by Gasteiger charge is 2.34. The van der Waals surface area contributed by atoms with Crippen LogP contribution in [-0.2, 0) is 13.0 Å². The third-order valence-electron chi connectivity index (χ3n) is 5.03. The molecule has 4 rings (SSSR count). The summed E-state index contributed by atoms with van der Waals surface area (Å²) in [6, 6.07) is 21.5. The van der Waals surface area contributed by atoms with Crippen molar-refractivity contribution < 1.29 is 14.4 Å². The average molecular weight is 384 g/mol. The monoisotopic (exact) mass is 384 g/mol. The Labute approximate surface area is 169 Å². The Morgan fingerprint density at radius 3 is 2.10 bits per heavy atom. The second-order valence-electron chi connectivity index (χ2n) is 6.95. The van der Waals surface area contributed by atoms with Crippen molar-refractivity contribution in [1.82, 2.24) is 4.90 Å². The minimum atomic E-state index is -0.289. The molecule has 5 nitrogen and oxygen atoms in total. The van der Waals surface area contributed by atoms with E-state index in [0.717, 1.165) is 23.2 Å². The molecular formula is C24H20N2O3. The molecule has 0 unspecified atom stereocenters. The second-order valence-corrected chi connectivity index (χ2v) is 6.95. The highest BCUT2D eigenvalue weighted by Crippen LogP contribution is 2.24. The fourth-order valence-electron chi connectivity index (χ4n) is 3.40. The van der Waals surface area contributed by atoms with E-state index in [2.05, 4.69) is 12.2 Å². The third-order valence-corrected chi connectivity index (χ3v) is 5.03. The predicted molar refractivity (Wildman–Crippen MR) is 111 cm³/mol. The summed E-state index contributed by atoms with van der Waals surface area (Å²) in [5.41, 5.74) is 4.07. The van der Waals surface area contributed by atoms with Gasteiger partial charge in [0.1, 0.15) is 0 Å². The van der Waals surface area contributed by atoms with Gasteiger partial charge >= 0.3 is 0 Å². The van der Waals surface area contributed by atoms with Crippen LogP contribution in [0.1, 0.15) is 49.1 Å². The molecule has 0 spiro atoms. The van der Waals surface area contributed by atoms with Crippen LogP contribution in [0.25, 0.3) is 0 Å². The number of fused-ring (bicyclic) bond motifs is 1. The minimum Gasteiger partial charge on any atom is -0.322 e. The lowest BCUT2D eigenvalue weighted by atomic mass is 10.1. The van der Waals surface area contributed by atoms with Crippen molar-refractivity contribution in [2.24, 2.45) is 0 Å². The Morgan fingerprint density at radius 1 is 0.828 bits per heavy atom. The van der Waals surface area contributed by atoms with Crippen LogP contribution in [0, 0.1) is 0 Å². The van der Waals surface area contributed by atoms with Gasteiger partial charge in [0.05, 0.1) is 17.7 Å². The van der Waals surface area contributed by atoms with Gasteiger partial charge in [-0.2, -0.15) is 0 Å². The molecule has 1 aliphatic heterocycles. The van der Waals surface area contributed by atoms with Crippen LogP contribution in [0.3, 0.4) is 0 Å². The first-order chi connectivity index (χ1) is 14.1. The Bertz CT molecular complexity index is 1070. The molecule has 1 N–H and O–H groups in total. The second kappa shape index (κ2) is 7.72. The molecule has 1 heterocycles. The Morgan fingerprint density at radius 2 is 1.48 bits per heavy atom. The highest BCUT2D eigenvalue weighted by molar-refractivity contribution is 6.21. The number of hydrogen-bond donors (Lipinski definition) is 1. The van der Waals surface area contributed by atoms with Gasteiger partial charge in [0.15, 0.2) is 0 Å². The van der Waals surface area contributed by atoms with E-state index in [-0.39, 0.29) is 24.3 Å². The van der Waals surface area contributed by atoms with Crippen molar-refractivity contribution in [3.8, 4) is 0 Å². The van der Waals surface area contributed by atoms with Crippen molar-refractivity contribution in [3.63, 3.8) is 0 Å². The minimum absolute atomic E-state index is 0.173. The maximum atomic E-state index is 12.5. The maximum Gasteiger partial charge on any atom is 0.261 e. The van der Waals surface area contributed by atoms with Gasteiger partial charge in [-0.3, -0.25) is 19.3 Å². The SMILES string of the molecule is CCc1cccc(NC(=O)c2ccc(CN3C(=O)c4ccccc4C3=O)cc2)c1. The fraction of sp³-hybridized carbons (Fsp3) is 0.125. The molecule has 0 bridgehead atoms. The molecule has 1 aliphatic rings. The molecular weight excluding hydrogens is 364 g/mol. The van der Waals surface area contributed by atoms with Crippen molar-refractivity contribution in [2.75, 3.05) is 5.32 Å². The molecule has 5 heteroatoms. The van der Waals surface area contributed by atoms with Crippen LogP contribution in [-0.4, -0.2) is 22.6 Å². The van der Waals surface area contributed by atoms with Gasteiger partial charge in [-0.25, -0.2) is 0 Å². The number of aryl methyl sites for hydroxylation is 1. The number of rotatable bonds is 5. The largest absolute Gasteiger partial charge is 0.322 e. The first kappa shape index (κ1) is 18.6. The zero-order chi connectivity index (χ0) is 20.4. The lowest BCUT2D eigenvalue weighted by molar-refractivity contribution is 0.0642. The number of hydrogen-bond acceptors (Lipinski definition) is 3. The molecule has 0 aromatic heterocycles. The first-order valence-electron chi connectivity index (χ1n) is 9.51. The van der Waals surface area contributed by atoms with E-state index >= 15 is 0 Å². The summed E-state index contributed by atoms with van der Waals surface area (Å²) < 4.78 is 0. The number of amides is 3. The summed E-state index contributed by atoms with van der Waals surface area (Å²) in [5, 5.41) is 2.89. The molecule has 0 saturated carbocycles. The van der Waals surface area contributed by atoms with Gasteiger partial charge in [-0.05, 0) is 53.9 Å². The van der Waals surface area contributed by atoms with Crippen LogP contribution in [0.2, 0.25) is 0 Å². The highest BCUT2D eigenvalue weighted by atomic mass is 16.2. The van der Waals surface area contributed by atoms with Gasteiger partial charge in [0.2, 0.25) is 0 Å². The molecule has 0 fully saturated rings. The molecule has 0 aliphatic carbocycles. The van der Waals surface area contributed by atoms with Crippen molar-refractivity contribution in [2.45, 2.75) is 19.9 Å². The zero-order valence-corrected chi connectivity index (χ0v) is 16.0. The van der Waals surface area contributed by atoms with E-state index < -0.39 is 0 Å². The molecule has 3 aromatic rings. The van der Waals surface area contributed by atoms with Crippen molar-refractivity contribution >= 4 is 23.4 Å². The smallest absolute Gasteiger partial charge is 0.261 e. The molecule has 0 radical (unpaired) electrons. The summed E-state index contributed by atoms with van der Waals surface area (Å²) in [4.78, 5) is 38.7. The predicted octanol–water partition coefficient (Wildman–Crippen LogP) is 4.30. The Hall–Kier alpha value is -3.73. The molecule has 144 valence electrons. The molecule has 3 amide bonds. The van der Waals surface area contributed by atoms with Gasteiger partial charge in [0.25, 0.3) is 17.7 Å². The van der Waals surface area contributed by atoms with Gasteiger partial charge < -0.3 is 5.32 Å². The summed E-state index contributed by atoms with van der Waals surface area (Å²) in [7, 11) is 0. The van der Waals surface area contributed by atoms with Crippen molar-refractivity contribution in [1.29, 1.82) is 0 Å². The summed E-state index contributed by atoms with van der Waals surface area (Å²) in [6.07, 6.45) is 0.899. The average Bonchev–Trinajstić information content (AvgIpc) is 2.99. The van der Waals surface area contributed by atoms with Crippen LogP contribution in [0.5, 0.6) is 0 Å². The van der Waals surface area contributed by atoms with Crippen LogP contribution in [0.15, 0.2) is 72.8 Å². The molecule has 3 aromatic carbocycles. The van der Waals surface area contributed by atoms with Crippen molar-refractivity contribution in [3.05, 3.63) is 101 Å². The lowest BCUT2D eigenvalue weighted by Gasteiger charge is -2.14. The van der Waals surface area contributed by atoms with Crippen LogP contribution in [0.4, 0.5) is 5.69 Å². The normalized spacial score (nSPS) is 12.8. The number of imide groups is 1. The van der Waals surface area contributed by atoms with E-state index in [0.29, 0.717) is 16.7 Å². The summed E-state index contributed by atoms with van der Waals surface area (Å²) >= 11 is 0. The lowest BCUT2D eigenvalue weighted by Crippen LogP contribution is -2.29. The molecule has 0 atom stereocenters. The third kappa shape index (κ3) is 3.67. The van der Waals surface area contributed by atoms with Gasteiger partial charge in [-0.15, -0.1) is 0 Å². The van der Waals surface area contributed by atoms with E-state index in [1.807, 2.05) is 24.3 Å². The summed E-state index contributed by atoms with van der Waals surface area (Å²) in [6.45, 7) is 2.24. The van der Waals surface area contributed by atoms with E-state index in [4.69, 9.17) is 0 Å². The topological polar surface area (TPSA) is 66.5 Å². The van der Waals surface area contributed by atoms with E-state index in [1.165, 1.54) is 4.90 Å². The Kier molecular flexibility index (Phi) is 4.96. The number of nitrogens with one attached hydrogen (secondary N) is 1. The summed E-state index contributed by atoms with van der Waals surface area (Å²) in [5.74, 6) is -0.781. The maximum absolute atomic E-state index is 12.5. The van der Waals surface area contributed by atoms with Gasteiger partial charge in [-0.1, -0.05) is 43.3 Å². The molecule has 29 heavy (non-hydrogen) atoms. The number of carbonyl (C=O) groups excluding carboxylic acids is 3. The number of anilines is 1. The van der Waals surface area contributed by atoms with Crippen LogP contribution < -0.4 is 5.32 Å². The Balaban J connectivity index is 1.45. The standard InChI is InChI=1S/C24H20N2O3/c1-2-16-6-5-7-19(14-16)25-22(27)18-12-10-17(11-13-18)15-26-23(28)20-8-3-4-9-21(20)24(26)29/h3-14H,2,15H2,1H3,(H,25,27). The van der Waals surface area contributed by atoms with Crippen LogP contribution >= 0.6 is 0 Å². The van der Waals surface area contributed by atoms with Gasteiger partial charge in [0, 0.05) is 11.3 Å². The zero-order valence-electron chi connectivity index (χ0n) is 16.0. The molecule has 0 saturated heterocycles. The van der Waals surface area contributed by atoms with E-state index in [9.17, 15) is 14.4 Å². The quantitative estimate of drug-likeness (QED) is 0.667. The number of nitrogens with zero attached hydrogens (tertiary/aromatic N) is 1. The first-order valence-corrected chi connectivity index (χ1v) is 9.51. The fourth-order valence-corrected chi connectivity index (χ4v) is 3.40.